The second kappa shape index (κ2) is 6.87. The van der Waals surface area contributed by atoms with E-state index in [0.717, 1.165) is 16.8 Å². The maximum atomic E-state index is 11.7. The summed E-state index contributed by atoms with van der Waals surface area (Å²) in [5.41, 5.74) is 4.54. The first-order valence-electron chi connectivity index (χ1n) is 6.97. The van der Waals surface area contributed by atoms with Gasteiger partial charge in [0.25, 0.3) is 5.91 Å². The highest BCUT2D eigenvalue weighted by Gasteiger charge is 2.08. The molecule has 2 amide bonds. The molecule has 5 heteroatoms. The van der Waals surface area contributed by atoms with E-state index in [-0.39, 0.29) is 11.8 Å². The van der Waals surface area contributed by atoms with Crippen LogP contribution in [0.2, 0.25) is 0 Å². The zero-order valence-electron chi connectivity index (χ0n) is 12.5. The van der Waals surface area contributed by atoms with Crippen molar-refractivity contribution >= 4 is 17.5 Å². The molecule has 0 spiro atoms. The quantitative estimate of drug-likeness (QED) is 0.599. The second-order valence-corrected chi connectivity index (χ2v) is 5.24. The summed E-state index contributed by atoms with van der Waals surface area (Å²) in [6.45, 7) is 3.67. The van der Waals surface area contributed by atoms with E-state index in [1.807, 2.05) is 38.1 Å². The Kier molecular flexibility index (Phi) is 4.91. The molecule has 0 saturated heterocycles. The largest absolute Gasteiger partial charge is 0.326 e. The third-order valence-electron chi connectivity index (χ3n) is 3.24. The molecule has 0 atom stereocenters. The molecule has 2 aromatic rings. The van der Waals surface area contributed by atoms with Crippen molar-refractivity contribution in [2.75, 3.05) is 5.32 Å². The van der Waals surface area contributed by atoms with Crippen molar-refractivity contribution < 1.29 is 14.8 Å². The number of hydrogen-bond acceptors (Lipinski definition) is 3. The summed E-state index contributed by atoms with van der Waals surface area (Å²) >= 11 is 0. The van der Waals surface area contributed by atoms with E-state index in [4.69, 9.17) is 5.21 Å². The third kappa shape index (κ3) is 3.71. The van der Waals surface area contributed by atoms with Gasteiger partial charge in [0.1, 0.15) is 0 Å². The predicted octanol–water partition coefficient (Wildman–Crippen LogP) is 3.07. The van der Waals surface area contributed by atoms with Crippen molar-refractivity contribution in [2.24, 2.45) is 5.92 Å². The van der Waals surface area contributed by atoms with Crippen molar-refractivity contribution in [3.8, 4) is 11.1 Å². The Morgan fingerprint density at radius 3 is 2.27 bits per heavy atom. The topological polar surface area (TPSA) is 78.4 Å². The molecule has 2 rings (SSSR count). The molecule has 0 fully saturated rings. The number of hydroxylamine groups is 1. The van der Waals surface area contributed by atoms with E-state index in [2.05, 4.69) is 5.32 Å². The van der Waals surface area contributed by atoms with Gasteiger partial charge in [0.2, 0.25) is 5.91 Å². The molecule has 0 saturated carbocycles. The lowest BCUT2D eigenvalue weighted by Crippen LogP contribution is -2.18. The van der Waals surface area contributed by atoms with Crippen molar-refractivity contribution in [1.82, 2.24) is 5.48 Å². The summed E-state index contributed by atoms with van der Waals surface area (Å²) in [5, 5.41) is 11.5. The first kappa shape index (κ1) is 15.7. The summed E-state index contributed by atoms with van der Waals surface area (Å²) in [6.07, 6.45) is 0. The number of carbonyl (C=O) groups excluding carboxylic acids is 2. The summed E-state index contributed by atoms with van der Waals surface area (Å²) in [7, 11) is 0. The average molecular weight is 298 g/mol. The fraction of sp³-hybridized carbons (Fsp3) is 0.176. The number of nitrogens with one attached hydrogen (secondary N) is 2. The molecule has 114 valence electrons. The van der Waals surface area contributed by atoms with Crippen LogP contribution in [-0.2, 0) is 4.79 Å². The Hall–Kier alpha value is -2.66. The lowest BCUT2D eigenvalue weighted by Gasteiger charge is -2.10. The van der Waals surface area contributed by atoms with Crippen molar-refractivity contribution in [1.29, 1.82) is 0 Å². The lowest BCUT2D eigenvalue weighted by atomic mass is 10.0. The van der Waals surface area contributed by atoms with Gasteiger partial charge in [0.05, 0.1) is 0 Å². The molecule has 0 unspecified atom stereocenters. The van der Waals surface area contributed by atoms with Crippen molar-refractivity contribution in [3.63, 3.8) is 0 Å². The molecule has 0 bridgehead atoms. The summed E-state index contributed by atoms with van der Waals surface area (Å²) in [5.74, 6) is -0.670. The van der Waals surface area contributed by atoms with E-state index >= 15 is 0 Å². The molecule has 0 aliphatic rings. The van der Waals surface area contributed by atoms with Crippen molar-refractivity contribution in [2.45, 2.75) is 13.8 Å². The minimum Gasteiger partial charge on any atom is -0.326 e. The Morgan fingerprint density at radius 1 is 1.00 bits per heavy atom. The van der Waals surface area contributed by atoms with Crippen molar-refractivity contribution in [3.05, 3.63) is 54.1 Å². The van der Waals surface area contributed by atoms with Crippen LogP contribution in [0.3, 0.4) is 0 Å². The van der Waals surface area contributed by atoms with Gasteiger partial charge in [0.15, 0.2) is 0 Å². The molecule has 3 N–H and O–H groups in total. The standard InChI is InChI=1S/C17H18N2O3/c1-11(2)16(20)18-15-5-3-4-14(10-15)12-6-8-13(9-7-12)17(21)19-22/h3-11,22H,1-2H3,(H,18,20)(H,19,21). The fourth-order valence-electron chi connectivity index (χ4n) is 1.94. The van der Waals surface area contributed by atoms with Gasteiger partial charge in [-0.05, 0) is 35.4 Å². The molecular formula is C17H18N2O3. The van der Waals surface area contributed by atoms with Gasteiger partial charge >= 0.3 is 0 Å². The normalized spacial score (nSPS) is 10.4. The number of anilines is 1. The smallest absolute Gasteiger partial charge is 0.274 e. The Labute approximate surface area is 128 Å². The van der Waals surface area contributed by atoms with Gasteiger partial charge in [-0.25, -0.2) is 5.48 Å². The molecule has 5 nitrogen and oxygen atoms in total. The molecule has 0 aliphatic carbocycles. The van der Waals surface area contributed by atoms with E-state index in [0.29, 0.717) is 5.56 Å². The van der Waals surface area contributed by atoms with Gasteiger partial charge < -0.3 is 5.32 Å². The Morgan fingerprint density at radius 2 is 1.68 bits per heavy atom. The van der Waals surface area contributed by atoms with E-state index in [9.17, 15) is 9.59 Å². The molecule has 0 aliphatic heterocycles. The summed E-state index contributed by atoms with van der Waals surface area (Å²) in [4.78, 5) is 23.0. The first-order valence-corrected chi connectivity index (χ1v) is 6.97. The molecular weight excluding hydrogens is 280 g/mol. The molecule has 22 heavy (non-hydrogen) atoms. The maximum absolute atomic E-state index is 11.7. The minimum absolute atomic E-state index is 0.0351. The van der Waals surface area contributed by atoms with Crippen LogP contribution in [0.5, 0.6) is 0 Å². The van der Waals surface area contributed by atoms with E-state index in [1.165, 1.54) is 0 Å². The third-order valence-corrected chi connectivity index (χ3v) is 3.24. The highest BCUT2D eigenvalue weighted by molar-refractivity contribution is 5.94. The second-order valence-electron chi connectivity index (χ2n) is 5.24. The number of rotatable bonds is 4. The predicted molar refractivity (Wildman–Crippen MR) is 84.6 cm³/mol. The van der Waals surface area contributed by atoms with Crippen LogP contribution in [0, 0.1) is 5.92 Å². The lowest BCUT2D eigenvalue weighted by molar-refractivity contribution is -0.118. The highest BCUT2D eigenvalue weighted by Crippen LogP contribution is 2.23. The van der Waals surface area contributed by atoms with Gasteiger partial charge in [-0.1, -0.05) is 38.1 Å². The van der Waals surface area contributed by atoms with Gasteiger partial charge in [-0.15, -0.1) is 0 Å². The van der Waals surface area contributed by atoms with Crippen LogP contribution >= 0.6 is 0 Å². The number of hydrogen-bond donors (Lipinski definition) is 3. The van der Waals surface area contributed by atoms with Gasteiger partial charge in [-0.3, -0.25) is 14.8 Å². The number of benzene rings is 2. The van der Waals surface area contributed by atoms with E-state index in [1.54, 1.807) is 29.7 Å². The van der Waals surface area contributed by atoms with Crippen LogP contribution in [0.25, 0.3) is 11.1 Å². The monoisotopic (exact) mass is 298 g/mol. The van der Waals surface area contributed by atoms with Crippen LogP contribution in [0.15, 0.2) is 48.5 Å². The Balaban J connectivity index is 2.22. The summed E-state index contributed by atoms with van der Waals surface area (Å²) < 4.78 is 0. The fourth-order valence-corrected chi connectivity index (χ4v) is 1.94. The highest BCUT2D eigenvalue weighted by atomic mass is 16.5. The van der Waals surface area contributed by atoms with Crippen LogP contribution in [0.1, 0.15) is 24.2 Å². The van der Waals surface area contributed by atoms with Crippen LogP contribution in [-0.4, -0.2) is 17.0 Å². The average Bonchev–Trinajstić information content (AvgIpc) is 2.54. The molecule has 2 aromatic carbocycles. The SMILES string of the molecule is CC(C)C(=O)Nc1cccc(-c2ccc(C(=O)NO)cc2)c1. The molecule has 0 radical (unpaired) electrons. The number of carbonyl (C=O) groups is 2. The molecule has 0 aromatic heterocycles. The van der Waals surface area contributed by atoms with Gasteiger partial charge in [-0.2, -0.15) is 0 Å². The zero-order valence-corrected chi connectivity index (χ0v) is 12.5. The first-order chi connectivity index (χ1) is 10.5. The zero-order chi connectivity index (χ0) is 16.1. The minimum atomic E-state index is -0.551. The summed E-state index contributed by atoms with van der Waals surface area (Å²) in [6, 6.07) is 14.3. The van der Waals surface area contributed by atoms with Gasteiger partial charge in [0, 0.05) is 17.2 Å². The number of amides is 2. The maximum Gasteiger partial charge on any atom is 0.274 e. The van der Waals surface area contributed by atoms with Crippen LogP contribution in [0.4, 0.5) is 5.69 Å². The van der Waals surface area contributed by atoms with E-state index < -0.39 is 5.91 Å². The molecule has 0 heterocycles. The Bertz CT molecular complexity index is 679. The van der Waals surface area contributed by atoms with Crippen LogP contribution < -0.4 is 10.8 Å².